The summed E-state index contributed by atoms with van der Waals surface area (Å²) in [4.78, 5) is 12.1. The summed E-state index contributed by atoms with van der Waals surface area (Å²) < 4.78 is 0. The molecule has 6 heteroatoms. The van der Waals surface area contributed by atoms with Crippen molar-refractivity contribution in [3.8, 4) is 0 Å². The molecule has 1 heterocycles. The van der Waals surface area contributed by atoms with Crippen molar-refractivity contribution < 1.29 is 4.79 Å². The van der Waals surface area contributed by atoms with E-state index in [1.807, 2.05) is 60.7 Å². The van der Waals surface area contributed by atoms with E-state index < -0.39 is 0 Å². The van der Waals surface area contributed by atoms with E-state index in [0.717, 1.165) is 16.9 Å². The number of amides is 1. The minimum absolute atomic E-state index is 0.267. The van der Waals surface area contributed by atoms with Gasteiger partial charge < -0.3 is 5.32 Å². The number of nitrogens with zero attached hydrogens (tertiary/aromatic N) is 2. The molecule has 0 saturated heterocycles. The Balaban J connectivity index is 1.75. The normalized spacial score (nSPS) is 11.3. The van der Waals surface area contributed by atoms with Gasteiger partial charge in [0.05, 0.1) is 5.03 Å². The standard InChI is InChI=1S/C17H12ClN3OS/c18-14(11-12-7-3-1-4-8-12)16-20-21-17(23-16)15(22)19-13-9-5-2-6-10-13/h1-11H,(H,19,22)/b14-11-. The lowest BCUT2D eigenvalue weighted by Gasteiger charge is -2.00. The van der Waals surface area contributed by atoms with Crippen LogP contribution in [0.1, 0.15) is 20.4 Å². The maximum absolute atomic E-state index is 12.1. The molecule has 4 nitrogen and oxygen atoms in total. The zero-order valence-corrected chi connectivity index (χ0v) is 13.5. The van der Waals surface area contributed by atoms with Crippen molar-refractivity contribution in [2.75, 3.05) is 5.32 Å². The highest BCUT2D eigenvalue weighted by atomic mass is 35.5. The predicted octanol–water partition coefficient (Wildman–Crippen LogP) is 4.53. The van der Waals surface area contributed by atoms with E-state index in [-0.39, 0.29) is 10.9 Å². The number of anilines is 1. The van der Waals surface area contributed by atoms with Crippen LogP contribution in [-0.2, 0) is 0 Å². The van der Waals surface area contributed by atoms with Gasteiger partial charge in [0.1, 0.15) is 0 Å². The van der Waals surface area contributed by atoms with Gasteiger partial charge in [-0.05, 0) is 23.8 Å². The first-order valence-electron chi connectivity index (χ1n) is 6.85. The third-order valence-electron chi connectivity index (χ3n) is 2.95. The fraction of sp³-hybridized carbons (Fsp3) is 0. The van der Waals surface area contributed by atoms with E-state index in [0.29, 0.717) is 15.7 Å². The van der Waals surface area contributed by atoms with Crippen LogP contribution < -0.4 is 5.32 Å². The molecule has 1 N–H and O–H groups in total. The van der Waals surface area contributed by atoms with E-state index in [1.165, 1.54) is 0 Å². The van der Waals surface area contributed by atoms with Crippen molar-refractivity contribution in [3.63, 3.8) is 0 Å². The summed E-state index contributed by atoms with van der Waals surface area (Å²) in [6.45, 7) is 0. The number of hydrogen-bond donors (Lipinski definition) is 1. The SMILES string of the molecule is O=C(Nc1ccccc1)c1nnc(/C(Cl)=C/c2ccccc2)s1. The summed E-state index contributed by atoms with van der Waals surface area (Å²) in [6, 6.07) is 18.9. The van der Waals surface area contributed by atoms with E-state index in [4.69, 9.17) is 11.6 Å². The van der Waals surface area contributed by atoms with E-state index in [2.05, 4.69) is 15.5 Å². The van der Waals surface area contributed by atoms with E-state index in [9.17, 15) is 4.79 Å². The molecule has 1 amide bonds. The van der Waals surface area contributed by atoms with Gasteiger partial charge in [0, 0.05) is 5.69 Å². The lowest BCUT2D eigenvalue weighted by Crippen LogP contribution is -2.11. The maximum Gasteiger partial charge on any atom is 0.286 e. The number of halogens is 1. The summed E-state index contributed by atoms with van der Waals surface area (Å²) in [5, 5.41) is 11.9. The predicted molar refractivity (Wildman–Crippen MR) is 94.5 cm³/mol. The average molecular weight is 342 g/mol. The number of nitrogens with one attached hydrogen (secondary N) is 1. The van der Waals surface area contributed by atoms with Gasteiger partial charge in [-0.15, -0.1) is 10.2 Å². The van der Waals surface area contributed by atoms with Crippen molar-refractivity contribution in [3.05, 3.63) is 76.2 Å². The van der Waals surface area contributed by atoms with E-state index >= 15 is 0 Å². The molecule has 0 aliphatic rings. The number of para-hydroxylation sites is 1. The number of rotatable bonds is 4. The van der Waals surface area contributed by atoms with Crippen LogP contribution in [0.25, 0.3) is 11.1 Å². The summed E-state index contributed by atoms with van der Waals surface area (Å²) in [6.07, 6.45) is 1.79. The van der Waals surface area contributed by atoms with Crippen molar-refractivity contribution >= 4 is 45.6 Å². The van der Waals surface area contributed by atoms with Crippen molar-refractivity contribution in [2.45, 2.75) is 0 Å². The summed E-state index contributed by atoms with van der Waals surface area (Å²) in [7, 11) is 0. The van der Waals surface area contributed by atoms with Gasteiger partial charge in [-0.25, -0.2) is 0 Å². The molecule has 0 fully saturated rings. The molecule has 0 saturated carbocycles. The molecule has 0 aliphatic heterocycles. The lowest BCUT2D eigenvalue weighted by atomic mass is 10.2. The Morgan fingerprint density at radius 1 is 0.957 bits per heavy atom. The average Bonchev–Trinajstić information content (AvgIpc) is 3.07. The number of benzene rings is 2. The van der Waals surface area contributed by atoms with Gasteiger partial charge in [0.2, 0.25) is 5.01 Å². The topological polar surface area (TPSA) is 54.9 Å². The van der Waals surface area contributed by atoms with Crippen LogP contribution >= 0.6 is 22.9 Å². The smallest absolute Gasteiger partial charge is 0.286 e. The number of hydrogen-bond acceptors (Lipinski definition) is 4. The molecular formula is C17H12ClN3OS. The molecule has 2 aromatic carbocycles. The highest BCUT2D eigenvalue weighted by Crippen LogP contribution is 2.25. The second kappa shape index (κ2) is 7.17. The Bertz CT molecular complexity index is 831. The van der Waals surface area contributed by atoms with Gasteiger partial charge in [-0.1, -0.05) is 71.5 Å². The Hall–Kier alpha value is -2.50. The Labute approximate surface area is 142 Å². The van der Waals surface area contributed by atoms with Crippen LogP contribution in [0.5, 0.6) is 0 Å². The maximum atomic E-state index is 12.1. The van der Waals surface area contributed by atoms with Gasteiger partial charge in [0.25, 0.3) is 5.91 Å². The first-order chi connectivity index (χ1) is 11.2. The minimum Gasteiger partial charge on any atom is -0.320 e. The molecule has 0 aliphatic carbocycles. The summed E-state index contributed by atoms with van der Waals surface area (Å²) in [5.74, 6) is -0.302. The van der Waals surface area contributed by atoms with Gasteiger partial charge in [-0.2, -0.15) is 0 Å². The molecular weight excluding hydrogens is 330 g/mol. The van der Waals surface area contributed by atoms with Crippen LogP contribution in [0, 0.1) is 0 Å². The molecule has 0 radical (unpaired) electrons. The fourth-order valence-corrected chi connectivity index (χ4v) is 2.80. The molecule has 0 atom stereocenters. The van der Waals surface area contributed by atoms with Crippen LogP contribution in [0.4, 0.5) is 5.69 Å². The second-order valence-corrected chi connectivity index (χ2v) is 6.02. The van der Waals surface area contributed by atoms with Crippen molar-refractivity contribution in [1.29, 1.82) is 0 Å². The highest BCUT2D eigenvalue weighted by Gasteiger charge is 2.14. The highest BCUT2D eigenvalue weighted by molar-refractivity contribution is 7.15. The third-order valence-corrected chi connectivity index (χ3v) is 4.30. The van der Waals surface area contributed by atoms with E-state index in [1.54, 1.807) is 6.08 Å². The molecule has 0 bridgehead atoms. The molecule has 114 valence electrons. The van der Waals surface area contributed by atoms with Crippen LogP contribution in [0.2, 0.25) is 0 Å². The lowest BCUT2D eigenvalue weighted by molar-refractivity contribution is 0.102. The van der Waals surface area contributed by atoms with Crippen LogP contribution in [-0.4, -0.2) is 16.1 Å². The monoisotopic (exact) mass is 341 g/mol. The number of aromatic nitrogens is 2. The molecule has 1 aromatic heterocycles. The first-order valence-corrected chi connectivity index (χ1v) is 8.04. The Morgan fingerprint density at radius 2 is 1.57 bits per heavy atom. The number of carbonyl (C=O) groups is 1. The van der Waals surface area contributed by atoms with Gasteiger partial charge in [-0.3, -0.25) is 4.79 Å². The molecule has 0 spiro atoms. The summed E-state index contributed by atoms with van der Waals surface area (Å²) >= 11 is 7.41. The van der Waals surface area contributed by atoms with Gasteiger partial charge >= 0.3 is 0 Å². The summed E-state index contributed by atoms with van der Waals surface area (Å²) in [5.41, 5.74) is 1.67. The second-order valence-electron chi connectivity index (χ2n) is 4.64. The number of carbonyl (C=O) groups excluding carboxylic acids is 1. The largest absolute Gasteiger partial charge is 0.320 e. The van der Waals surface area contributed by atoms with Crippen LogP contribution in [0.15, 0.2) is 60.7 Å². The molecule has 3 aromatic rings. The van der Waals surface area contributed by atoms with Crippen molar-refractivity contribution in [2.24, 2.45) is 0 Å². The molecule has 23 heavy (non-hydrogen) atoms. The zero-order chi connectivity index (χ0) is 16.1. The van der Waals surface area contributed by atoms with Crippen LogP contribution in [0.3, 0.4) is 0 Å². The molecule has 0 unspecified atom stereocenters. The first kappa shape index (κ1) is 15.4. The van der Waals surface area contributed by atoms with Crippen molar-refractivity contribution in [1.82, 2.24) is 10.2 Å². The Morgan fingerprint density at radius 3 is 2.26 bits per heavy atom. The Kier molecular flexibility index (Phi) is 4.80. The van der Waals surface area contributed by atoms with Gasteiger partial charge in [0.15, 0.2) is 5.01 Å². The fourth-order valence-electron chi connectivity index (χ4n) is 1.87. The quantitative estimate of drug-likeness (QED) is 0.758. The molecule has 3 rings (SSSR count). The minimum atomic E-state index is -0.302. The zero-order valence-electron chi connectivity index (χ0n) is 11.9. The third kappa shape index (κ3) is 4.03.